The second-order valence-corrected chi connectivity index (χ2v) is 15.4. The molecule has 13 nitrogen and oxygen atoms in total. The molecule has 8 atom stereocenters. The Morgan fingerprint density at radius 2 is 1.15 bits per heavy atom. The van der Waals surface area contributed by atoms with E-state index >= 15 is 0 Å². The van der Waals surface area contributed by atoms with E-state index in [4.69, 9.17) is 9.05 Å². The summed E-state index contributed by atoms with van der Waals surface area (Å²) in [6.45, 7) is 3.61. The first kappa shape index (κ1) is 48.5. The fraction of sp³-hybridized carbons (Fsp3) is 0.816. The summed E-state index contributed by atoms with van der Waals surface area (Å²) in [6, 6.07) is -1.24. The molecule has 1 aliphatic rings. The van der Waals surface area contributed by atoms with E-state index < -0.39 is 75.2 Å². The average Bonchev–Trinajstić information content (AvgIpc) is 3.11. The minimum absolute atomic E-state index is 0.260. The van der Waals surface area contributed by atoms with Gasteiger partial charge in [0.25, 0.3) is 0 Å². The molecule has 52 heavy (non-hydrogen) atoms. The number of carbonyl (C=O) groups is 1. The van der Waals surface area contributed by atoms with Gasteiger partial charge in [-0.1, -0.05) is 121 Å². The van der Waals surface area contributed by atoms with Crippen LogP contribution in [0.1, 0.15) is 136 Å². The second-order valence-electron chi connectivity index (χ2n) is 14.0. The third kappa shape index (κ3) is 21.4. The first-order chi connectivity index (χ1) is 24.8. The van der Waals surface area contributed by atoms with Crippen LogP contribution >= 0.6 is 7.82 Å². The third-order valence-electron chi connectivity index (χ3n) is 9.25. The number of nitrogens with one attached hydrogen (secondary N) is 1. The predicted octanol–water partition coefficient (Wildman–Crippen LogP) is 4.63. The monoisotopic (exact) mass is 763 g/mol. The van der Waals surface area contributed by atoms with Gasteiger partial charge in [0.1, 0.15) is 36.6 Å². The van der Waals surface area contributed by atoms with Gasteiger partial charge in [-0.25, -0.2) is 4.57 Å². The highest BCUT2D eigenvalue weighted by Gasteiger charge is 2.51. The van der Waals surface area contributed by atoms with Crippen molar-refractivity contribution >= 4 is 13.7 Å². The van der Waals surface area contributed by atoms with Crippen LogP contribution in [0.25, 0.3) is 0 Å². The molecular weight excluding hydrogens is 693 g/mol. The van der Waals surface area contributed by atoms with Crippen LogP contribution in [0.15, 0.2) is 36.5 Å². The van der Waals surface area contributed by atoms with Gasteiger partial charge < -0.3 is 46.0 Å². The zero-order valence-electron chi connectivity index (χ0n) is 31.5. The molecule has 0 saturated heterocycles. The van der Waals surface area contributed by atoms with E-state index in [0.717, 1.165) is 57.8 Å². The topological polar surface area (TPSA) is 226 Å². The highest BCUT2D eigenvalue weighted by atomic mass is 31.2. The number of carbonyl (C=O) groups excluding carboxylic acids is 1. The number of allylic oxidation sites excluding steroid dienone is 5. The lowest BCUT2D eigenvalue weighted by Crippen LogP contribution is -2.64. The molecule has 1 aliphatic carbocycles. The molecule has 0 bridgehead atoms. The van der Waals surface area contributed by atoms with Crippen molar-refractivity contribution in [2.75, 3.05) is 6.61 Å². The third-order valence-corrected chi connectivity index (χ3v) is 10.2. The summed E-state index contributed by atoms with van der Waals surface area (Å²) in [7, 11) is -5.13. The maximum Gasteiger partial charge on any atom is 0.472 e. The maximum atomic E-state index is 12.9. The summed E-state index contributed by atoms with van der Waals surface area (Å²) in [4.78, 5) is 23.2. The number of amides is 1. The van der Waals surface area contributed by atoms with Crippen molar-refractivity contribution in [1.29, 1.82) is 0 Å². The molecule has 1 rings (SSSR count). The van der Waals surface area contributed by atoms with E-state index in [2.05, 4.69) is 43.5 Å². The minimum atomic E-state index is -5.13. The molecule has 0 aromatic carbocycles. The van der Waals surface area contributed by atoms with Gasteiger partial charge in [0.05, 0.1) is 31.3 Å². The summed E-state index contributed by atoms with van der Waals surface area (Å²) in [6.07, 6.45) is 15.5. The maximum absolute atomic E-state index is 12.9. The van der Waals surface area contributed by atoms with Crippen LogP contribution in [0.4, 0.5) is 0 Å². The number of phosphoric acid groups is 1. The fourth-order valence-electron chi connectivity index (χ4n) is 5.93. The van der Waals surface area contributed by atoms with Crippen molar-refractivity contribution in [3.05, 3.63) is 36.5 Å². The number of unbranched alkanes of at least 4 members (excludes halogenated alkanes) is 14. The number of rotatable bonds is 30. The highest BCUT2D eigenvalue weighted by molar-refractivity contribution is 7.47. The number of aliphatic hydroxyl groups excluding tert-OH is 7. The van der Waals surface area contributed by atoms with Gasteiger partial charge in [0.2, 0.25) is 5.91 Å². The molecule has 0 radical (unpaired) electrons. The zero-order chi connectivity index (χ0) is 38.8. The normalized spacial score (nSPS) is 25.5. The molecule has 8 unspecified atom stereocenters. The van der Waals surface area contributed by atoms with Gasteiger partial charge in [-0.2, -0.15) is 0 Å². The summed E-state index contributed by atoms with van der Waals surface area (Å²) in [5.41, 5.74) is 0. The lowest BCUT2D eigenvalue weighted by molar-refractivity contribution is -0.220. The Kier molecular flexibility index (Phi) is 27.0. The van der Waals surface area contributed by atoms with E-state index in [-0.39, 0.29) is 6.42 Å². The zero-order valence-corrected chi connectivity index (χ0v) is 32.4. The molecule has 0 aromatic heterocycles. The predicted molar refractivity (Wildman–Crippen MR) is 201 cm³/mol. The number of phosphoric ester groups is 1. The van der Waals surface area contributed by atoms with E-state index in [1.165, 1.54) is 51.0 Å². The minimum Gasteiger partial charge on any atom is -0.393 e. The Labute approximate surface area is 311 Å². The standard InChI is InChI=1S/C38H70NO12P/c1-3-5-7-9-11-13-14-15-16-18-19-21-23-25-29(40)27-32(42)39-30(31(41)26-24-22-20-17-12-10-8-6-4-2)28-50-52(48,49)51-38-36(46)34(44)33(43)35(45)37(38)47/h11,13-15,24,26,29-31,33-38,40-41,43-47H,3-10,12,16-23,25,27-28H2,1-2H3,(H,39,42)(H,48,49)/b13-11-,15-14-,26-24+. The van der Waals surface area contributed by atoms with Crippen molar-refractivity contribution in [1.82, 2.24) is 5.32 Å². The van der Waals surface area contributed by atoms with Gasteiger partial charge in [0.15, 0.2) is 0 Å². The summed E-state index contributed by atoms with van der Waals surface area (Å²) < 4.78 is 22.7. The molecule has 14 heteroatoms. The lowest BCUT2D eigenvalue weighted by Gasteiger charge is -2.41. The van der Waals surface area contributed by atoms with E-state index in [0.29, 0.717) is 12.8 Å². The van der Waals surface area contributed by atoms with E-state index in [9.17, 15) is 50.0 Å². The van der Waals surface area contributed by atoms with Crippen molar-refractivity contribution in [3.8, 4) is 0 Å². The Morgan fingerprint density at radius 3 is 1.73 bits per heavy atom. The molecule has 1 amide bonds. The van der Waals surface area contributed by atoms with Crippen molar-refractivity contribution < 1.29 is 59.0 Å². The molecule has 9 N–H and O–H groups in total. The second kappa shape index (κ2) is 28.9. The largest absolute Gasteiger partial charge is 0.472 e. The number of hydrogen-bond acceptors (Lipinski definition) is 11. The van der Waals surface area contributed by atoms with Crippen LogP contribution in [-0.4, -0.2) is 108 Å². The van der Waals surface area contributed by atoms with Crippen LogP contribution in [0.2, 0.25) is 0 Å². The Bertz CT molecular complexity index is 1040. The summed E-state index contributed by atoms with van der Waals surface area (Å²) >= 11 is 0. The summed E-state index contributed by atoms with van der Waals surface area (Å²) in [5.74, 6) is -0.611. The quantitative estimate of drug-likeness (QED) is 0.0211. The van der Waals surface area contributed by atoms with Crippen LogP contribution in [0, 0.1) is 0 Å². The van der Waals surface area contributed by atoms with Crippen LogP contribution < -0.4 is 5.32 Å². The molecule has 1 saturated carbocycles. The summed E-state index contributed by atoms with van der Waals surface area (Å²) in [5, 5.41) is 73.9. The fourth-order valence-corrected chi connectivity index (χ4v) is 6.90. The molecule has 304 valence electrons. The SMILES string of the molecule is CCCCC/C=C\C=C/CCCCCCC(O)CC(=O)NC(COP(=O)(O)OC1C(O)C(O)C(O)C(O)C1O)C(O)/C=C/CCCCCCCCC. The smallest absolute Gasteiger partial charge is 0.393 e. The molecule has 0 aliphatic heterocycles. The average molecular weight is 764 g/mol. The first-order valence-electron chi connectivity index (χ1n) is 19.5. The van der Waals surface area contributed by atoms with Crippen LogP contribution in [0.3, 0.4) is 0 Å². The van der Waals surface area contributed by atoms with E-state index in [1.54, 1.807) is 6.08 Å². The van der Waals surface area contributed by atoms with Gasteiger partial charge >= 0.3 is 7.82 Å². The lowest BCUT2D eigenvalue weighted by atomic mass is 9.85. The Hall–Kier alpha value is -1.48. The molecular formula is C38H70NO12P. The van der Waals surface area contributed by atoms with Crippen LogP contribution in [-0.2, 0) is 18.4 Å². The Morgan fingerprint density at radius 1 is 0.692 bits per heavy atom. The van der Waals surface area contributed by atoms with Crippen molar-refractivity contribution in [3.63, 3.8) is 0 Å². The van der Waals surface area contributed by atoms with Gasteiger partial charge in [-0.3, -0.25) is 13.8 Å². The van der Waals surface area contributed by atoms with Crippen LogP contribution in [0.5, 0.6) is 0 Å². The number of hydrogen-bond donors (Lipinski definition) is 9. The van der Waals surface area contributed by atoms with Crippen molar-refractivity contribution in [2.45, 2.75) is 191 Å². The highest BCUT2D eigenvalue weighted by Crippen LogP contribution is 2.47. The van der Waals surface area contributed by atoms with Gasteiger partial charge in [-0.15, -0.1) is 0 Å². The molecule has 0 aromatic rings. The molecule has 1 fully saturated rings. The molecule has 0 spiro atoms. The van der Waals surface area contributed by atoms with Gasteiger partial charge in [-0.05, 0) is 44.9 Å². The van der Waals surface area contributed by atoms with Gasteiger partial charge in [0, 0.05) is 0 Å². The number of aliphatic hydroxyl groups is 7. The Balaban J connectivity index is 2.65. The van der Waals surface area contributed by atoms with Crippen molar-refractivity contribution in [2.24, 2.45) is 0 Å². The van der Waals surface area contributed by atoms with E-state index in [1.807, 2.05) is 0 Å². The molecule has 0 heterocycles. The first-order valence-corrected chi connectivity index (χ1v) is 21.0.